The Morgan fingerprint density at radius 1 is 0.621 bits per heavy atom. The molecule has 1 aromatic rings. The van der Waals surface area contributed by atoms with Crippen LogP contribution in [0.4, 0.5) is 5.69 Å². The number of unbranched alkanes of at least 4 members (excludes halogenated alkanes) is 9. The Labute approximate surface area is 178 Å². The monoisotopic (exact) mass is 408 g/mol. The molecule has 0 aromatic heterocycles. The highest BCUT2D eigenvalue weighted by atomic mass is 16.5. The second kappa shape index (κ2) is 17.3. The van der Waals surface area contributed by atoms with Gasteiger partial charge in [-0.25, -0.2) is 0 Å². The smallest absolute Gasteiger partial charge is 0.203 e. The Hall–Kier alpha value is -1.62. The molecule has 0 fully saturated rings. The number of nitrogens with two attached hydrogens (primary N) is 1. The quantitative estimate of drug-likeness (QED) is 0.149. The van der Waals surface area contributed by atoms with Crippen LogP contribution in [0.3, 0.4) is 0 Å². The lowest BCUT2D eigenvalue weighted by molar-refractivity contribution is 0.235. The number of hydrogen-bond donors (Lipinski definition) is 2. The normalized spacial score (nSPS) is 10.8. The van der Waals surface area contributed by atoms with E-state index in [1.54, 1.807) is 0 Å². The maximum atomic E-state index is 6.15. The first-order valence-electron chi connectivity index (χ1n) is 11.8. The average Bonchev–Trinajstić information content (AvgIpc) is 2.74. The zero-order valence-corrected chi connectivity index (χ0v) is 19.1. The fourth-order valence-electron chi connectivity index (χ4n) is 3.14. The number of hydrazine groups is 1. The second-order valence-electron chi connectivity index (χ2n) is 7.67. The van der Waals surface area contributed by atoms with Gasteiger partial charge in [-0.1, -0.05) is 78.6 Å². The summed E-state index contributed by atoms with van der Waals surface area (Å²) in [6, 6.07) is 3.82. The van der Waals surface area contributed by atoms with E-state index in [2.05, 4.69) is 26.2 Å². The molecule has 0 heterocycles. The standard InChI is InChI=1S/C24H44N2O3/c1-4-7-10-13-16-27-22-19-21(26-25)20-23(28-17-14-11-8-5-2)24(22)29-18-15-12-9-6-3/h19-20,26H,4-18,25H2,1-3H3. The third-order valence-corrected chi connectivity index (χ3v) is 4.94. The van der Waals surface area contributed by atoms with Crippen LogP contribution in [0.1, 0.15) is 97.8 Å². The molecule has 5 heteroatoms. The molecule has 0 aliphatic rings. The van der Waals surface area contributed by atoms with Crippen LogP contribution < -0.4 is 25.5 Å². The maximum absolute atomic E-state index is 6.15. The van der Waals surface area contributed by atoms with Crippen LogP contribution in [0.5, 0.6) is 17.2 Å². The molecule has 29 heavy (non-hydrogen) atoms. The number of ether oxygens (including phenoxy) is 3. The molecule has 0 aliphatic carbocycles. The van der Waals surface area contributed by atoms with E-state index in [-0.39, 0.29) is 0 Å². The van der Waals surface area contributed by atoms with Crippen molar-refractivity contribution in [2.24, 2.45) is 5.84 Å². The average molecular weight is 409 g/mol. The van der Waals surface area contributed by atoms with Gasteiger partial charge in [-0.05, 0) is 19.3 Å². The molecule has 0 radical (unpaired) electrons. The minimum Gasteiger partial charge on any atom is -0.489 e. The van der Waals surface area contributed by atoms with Crippen LogP contribution in [0.2, 0.25) is 0 Å². The van der Waals surface area contributed by atoms with Gasteiger partial charge in [0, 0.05) is 12.1 Å². The third-order valence-electron chi connectivity index (χ3n) is 4.94. The molecule has 0 unspecified atom stereocenters. The summed E-state index contributed by atoms with van der Waals surface area (Å²) in [6.07, 6.45) is 14.0. The maximum Gasteiger partial charge on any atom is 0.203 e. The molecule has 5 nitrogen and oxygen atoms in total. The van der Waals surface area contributed by atoms with Crippen molar-refractivity contribution in [3.05, 3.63) is 12.1 Å². The number of benzene rings is 1. The van der Waals surface area contributed by atoms with E-state index in [0.717, 1.165) is 36.4 Å². The Kier molecular flexibility index (Phi) is 15.1. The van der Waals surface area contributed by atoms with Gasteiger partial charge in [-0.2, -0.15) is 0 Å². The molecule has 168 valence electrons. The Morgan fingerprint density at radius 3 is 1.41 bits per heavy atom. The molecule has 0 bridgehead atoms. The molecule has 1 rings (SSSR count). The van der Waals surface area contributed by atoms with Crippen molar-refractivity contribution in [3.8, 4) is 17.2 Å². The van der Waals surface area contributed by atoms with Crippen LogP contribution in [0.15, 0.2) is 12.1 Å². The number of rotatable bonds is 19. The molecule has 0 saturated carbocycles. The molecule has 0 saturated heterocycles. The van der Waals surface area contributed by atoms with Gasteiger partial charge in [0.1, 0.15) is 0 Å². The first-order valence-corrected chi connectivity index (χ1v) is 11.8. The van der Waals surface area contributed by atoms with Gasteiger partial charge in [-0.15, -0.1) is 0 Å². The predicted octanol–water partition coefficient (Wildman–Crippen LogP) is 6.85. The van der Waals surface area contributed by atoms with Crippen molar-refractivity contribution >= 4 is 5.69 Å². The zero-order chi connectivity index (χ0) is 21.2. The molecule has 0 atom stereocenters. The third kappa shape index (κ3) is 11.2. The Balaban J connectivity index is 2.81. The van der Waals surface area contributed by atoms with Crippen molar-refractivity contribution < 1.29 is 14.2 Å². The second-order valence-corrected chi connectivity index (χ2v) is 7.67. The van der Waals surface area contributed by atoms with E-state index in [4.69, 9.17) is 20.1 Å². The van der Waals surface area contributed by atoms with Crippen molar-refractivity contribution in [1.82, 2.24) is 0 Å². The first-order chi connectivity index (χ1) is 14.3. The van der Waals surface area contributed by atoms with Gasteiger partial charge in [0.25, 0.3) is 0 Å². The topological polar surface area (TPSA) is 65.7 Å². The number of nitrogen functional groups attached to an aromatic ring is 1. The zero-order valence-electron chi connectivity index (χ0n) is 19.1. The van der Waals surface area contributed by atoms with Crippen LogP contribution in [0, 0.1) is 0 Å². The lowest BCUT2D eigenvalue weighted by atomic mass is 10.2. The van der Waals surface area contributed by atoms with E-state index >= 15 is 0 Å². The highest BCUT2D eigenvalue weighted by molar-refractivity contribution is 5.62. The van der Waals surface area contributed by atoms with E-state index in [0.29, 0.717) is 25.6 Å². The van der Waals surface area contributed by atoms with E-state index in [1.807, 2.05) is 12.1 Å². The van der Waals surface area contributed by atoms with Crippen LogP contribution in [0.25, 0.3) is 0 Å². The van der Waals surface area contributed by atoms with Gasteiger partial charge < -0.3 is 19.6 Å². The summed E-state index contributed by atoms with van der Waals surface area (Å²) in [6.45, 7) is 8.67. The first kappa shape index (κ1) is 25.4. The lowest BCUT2D eigenvalue weighted by Crippen LogP contribution is -2.10. The molecule has 1 aromatic carbocycles. The van der Waals surface area contributed by atoms with Gasteiger partial charge >= 0.3 is 0 Å². The lowest BCUT2D eigenvalue weighted by Gasteiger charge is -2.19. The minimum absolute atomic E-state index is 0.674. The van der Waals surface area contributed by atoms with Crippen molar-refractivity contribution in [2.45, 2.75) is 97.8 Å². The molecule has 0 aliphatic heterocycles. The summed E-state index contributed by atoms with van der Waals surface area (Å²) >= 11 is 0. The highest BCUT2D eigenvalue weighted by Crippen LogP contribution is 2.41. The minimum atomic E-state index is 0.674. The van der Waals surface area contributed by atoms with Crippen LogP contribution >= 0.6 is 0 Å². The Bertz CT molecular complexity index is 488. The molecular formula is C24H44N2O3. The summed E-state index contributed by atoms with van der Waals surface area (Å²) in [5, 5.41) is 0. The number of hydrogen-bond acceptors (Lipinski definition) is 5. The van der Waals surface area contributed by atoms with Crippen LogP contribution in [-0.2, 0) is 0 Å². The summed E-state index contributed by atoms with van der Waals surface area (Å²) in [5.74, 6) is 7.83. The molecular weight excluding hydrogens is 364 g/mol. The van der Waals surface area contributed by atoms with E-state index in [9.17, 15) is 0 Å². The van der Waals surface area contributed by atoms with Crippen molar-refractivity contribution in [1.29, 1.82) is 0 Å². The summed E-state index contributed by atoms with van der Waals surface area (Å²) < 4.78 is 18.3. The SMILES string of the molecule is CCCCCCOc1cc(NN)cc(OCCCCCC)c1OCCCCCC. The van der Waals surface area contributed by atoms with Crippen LogP contribution in [-0.4, -0.2) is 19.8 Å². The van der Waals surface area contributed by atoms with E-state index < -0.39 is 0 Å². The Morgan fingerprint density at radius 2 is 1.03 bits per heavy atom. The summed E-state index contributed by atoms with van der Waals surface area (Å²) in [4.78, 5) is 0. The highest BCUT2D eigenvalue weighted by Gasteiger charge is 2.16. The van der Waals surface area contributed by atoms with Crippen molar-refractivity contribution in [2.75, 3.05) is 25.2 Å². The fourth-order valence-corrected chi connectivity index (χ4v) is 3.14. The molecule has 0 spiro atoms. The van der Waals surface area contributed by atoms with Gasteiger partial charge in [0.2, 0.25) is 5.75 Å². The summed E-state index contributed by atoms with van der Waals surface area (Å²) in [7, 11) is 0. The summed E-state index contributed by atoms with van der Waals surface area (Å²) in [5.41, 5.74) is 3.50. The number of nitrogens with one attached hydrogen (secondary N) is 1. The fraction of sp³-hybridized carbons (Fsp3) is 0.750. The predicted molar refractivity (Wildman–Crippen MR) is 123 cm³/mol. The van der Waals surface area contributed by atoms with Crippen molar-refractivity contribution in [3.63, 3.8) is 0 Å². The molecule has 3 N–H and O–H groups in total. The molecule has 0 amide bonds. The van der Waals surface area contributed by atoms with E-state index in [1.165, 1.54) is 57.8 Å². The van der Waals surface area contributed by atoms with Gasteiger partial charge in [0.15, 0.2) is 11.5 Å². The number of anilines is 1. The van der Waals surface area contributed by atoms with Gasteiger partial charge in [0.05, 0.1) is 25.5 Å². The van der Waals surface area contributed by atoms with Gasteiger partial charge in [-0.3, -0.25) is 5.84 Å². The largest absolute Gasteiger partial charge is 0.489 e.